The van der Waals surface area contributed by atoms with Gasteiger partial charge in [0.2, 0.25) is 0 Å². The second-order valence-electron chi connectivity index (χ2n) is 10.2. The summed E-state index contributed by atoms with van der Waals surface area (Å²) in [6.07, 6.45) is 0.482. The van der Waals surface area contributed by atoms with Crippen molar-refractivity contribution < 1.29 is 9.84 Å². The third-order valence-electron chi connectivity index (χ3n) is 7.74. The van der Waals surface area contributed by atoms with E-state index in [1.54, 1.807) is 7.11 Å². The summed E-state index contributed by atoms with van der Waals surface area (Å²) in [7, 11) is 1.66. The van der Waals surface area contributed by atoms with Crippen LogP contribution in [0.25, 0.3) is 0 Å². The standard InChI is InChI=1S/C33H34Cl2N2O2/c1-39-31-16-12-27(13-17-31)33(38,23-25-6-3-2-4-7-25)32(26-10-14-28(34)15-11-26)24-36-18-20-37(21-19-36)30-9-5-8-29(35)22-30/h2-17,22,32,38H,18-21,23-24H2,1H3/t32-,33+/m0/s1. The number of anilines is 1. The van der Waals surface area contributed by atoms with Gasteiger partial charge in [-0.3, -0.25) is 4.90 Å². The number of hydrogen-bond donors (Lipinski definition) is 1. The van der Waals surface area contributed by atoms with Crippen molar-refractivity contribution in [1.82, 2.24) is 4.90 Å². The summed E-state index contributed by atoms with van der Waals surface area (Å²) in [5, 5.41) is 14.2. The van der Waals surface area contributed by atoms with Gasteiger partial charge in [-0.15, -0.1) is 0 Å². The van der Waals surface area contributed by atoms with Crippen LogP contribution >= 0.6 is 23.2 Å². The lowest BCUT2D eigenvalue weighted by atomic mass is 9.73. The predicted octanol–water partition coefficient (Wildman–Crippen LogP) is 7.04. The van der Waals surface area contributed by atoms with Crippen LogP contribution in [0.1, 0.15) is 22.6 Å². The molecule has 39 heavy (non-hydrogen) atoms. The van der Waals surface area contributed by atoms with Gasteiger partial charge in [0, 0.05) is 60.8 Å². The molecule has 4 nitrogen and oxygen atoms in total. The zero-order chi connectivity index (χ0) is 27.2. The maximum atomic E-state index is 12.7. The molecule has 1 heterocycles. The second-order valence-corrected chi connectivity index (χ2v) is 11.1. The normalized spacial score (nSPS) is 16.5. The summed E-state index contributed by atoms with van der Waals surface area (Å²) in [4.78, 5) is 4.83. The van der Waals surface area contributed by atoms with Crippen molar-refractivity contribution in [2.75, 3.05) is 44.7 Å². The number of hydrogen-bond acceptors (Lipinski definition) is 4. The largest absolute Gasteiger partial charge is 0.497 e. The van der Waals surface area contributed by atoms with Crippen molar-refractivity contribution in [2.45, 2.75) is 17.9 Å². The van der Waals surface area contributed by atoms with Gasteiger partial charge in [0.25, 0.3) is 0 Å². The van der Waals surface area contributed by atoms with Crippen molar-refractivity contribution >= 4 is 28.9 Å². The molecule has 1 aliphatic heterocycles. The van der Waals surface area contributed by atoms with Gasteiger partial charge in [0.05, 0.1) is 7.11 Å². The van der Waals surface area contributed by atoms with E-state index in [2.05, 4.69) is 40.1 Å². The molecule has 6 heteroatoms. The first kappa shape index (κ1) is 27.5. The number of methoxy groups -OCH3 is 1. The van der Waals surface area contributed by atoms with E-state index in [0.717, 1.165) is 59.3 Å². The Morgan fingerprint density at radius 2 is 1.49 bits per heavy atom. The van der Waals surface area contributed by atoms with E-state index in [4.69, 9.17) is 27.9 Å². The van der Waals surface area contributed by atoms with Crippen LogP contribution in [0.15, 0.2) is 103 Å². The number of piperazine rings is 1. The van der Waals surface area contributed by atoms with Crippen molar-refractivity contribution in [3.8, 4) is 5.75 Å². The molecule has 0 radical (unpaired) electrons. The molecule has 4 aromatic carbocycles. The van der Waals surface area contributed by atoms with Crippen LogP contribution < -0.4 is 9.64 Å². The SMILES string of the molecule is COc1ccc([C@](O)(Cc2ccccc2)[C@@H](CN2CCN(c3cccc(Cl)c3)CC2)c2ccc(Cl)cc2)cc1. The molecule has 0 bridgehead atoms. The molecule has 1 aliphatic rings. The molecule has 1 N–H and O–H groups in total. The molecule has 5 rings (SSSR count). The van der Waals surface area contributed by atoms with Crippen molar-refractivity contribution in [1.29, 1.82) is 0 Å². The Morgan fingerprint density at radius 1 is 0.795 bits per heavy atom. The maximum Gasteiger partial charge on any atom is 0.118 e. The zero-order valence-corrected chi connectivity index (χ0v) is 23.7. The minimum Gasteiger partial charge on any atom is -0.497 e. The lowest BCUT2D eigenvalue weighted by Gasteiger charge is -2.43. The van der Waals surface area contributed by atoms with E-state index in [0.29, 0.717) is 18.0 Å². The number of rotatable bonds is 9. The topological polar surface area (TPSA) is 35.9 Å². The summed E-state index contributed by atoms with van der Waals surface area (Å²) in [6, 6.07) is 34.0. The van der Waals surface area contributed by atoms with E-state index >= 15 is 0 Å². The minimum atomic E-state index is -1.16. The quantitative estimate of drug-likeness (QED) is 0.238. The van der Waals surface area contributed by atoms with Crippen LogP contribution in [0.2, 0.25) is 10.0 Å². The highest BCUT2D eigenvalue weighted by Gasteiger charge is 2.41. The van der Waals surface area contributed by atoms with Crippen LogP contribution in [-0.2, 0) is 12.0 Å². The highest BCUT2D eigenvalue weighted by Crippen LogP contribution is 2.41. The van der Waals surface area contributed by atoms with Gasteiger partial charge in [0.15, 0.2) is 0 Å². The number of halogens is 2. The van der Waals surface area contributed by atoms with Gasteiger partial charge in [-0.25, -0.2) is 0 Å². The number of nitrogens with zero attached hydrogens (tertiary/aromatic N) is 2. The van der Waals surface area contributed by atoms with Crippen molar-refractivity contribution in [3.05, 3.63) is 130 Å². The van der Waals surface area contributed by atoms with Gasteiger partial charge >= 0.3 is 0 Å². The van der Waals surface area contributed by atoms with Crippen LogP contribution in [0.5, 0.6) is 5.75 Å². The molecular weight excluding hydrogens is 527 g/mol. The molecule has 0 spiro atoms. The summed E-state index contributed by atoms with van der Waals surface area (Å²) in [5.41, 5.74) is 3.00. The second kappa shape index (κ2) is 12.4. The molecular formula is C33H34Cl2N2O2. The molecule has 0 amide bonds. The van der Waals surface area contributed by atoms with Crippen molar-refractivity contribution in [3.63, 3.8) is 0 Å². The van der Waals surface area contributed by atoms with Gasteiger partial charge in [-0.1, -0.05) is 83.9 Å². The summed E-state index contributed by atoms with van der Waals surface area (Å²) >= 11 is 12.5. The summed E-state index contributed by atoms with van der Waals surface area (Å²) in [5.74, 6) is 0.571. The first-order chi connectivity index (χ1) is 18.9. The van der Waals surface area contributed by atoms with E-state index in [1.807, 2.05) is 72.8 Å². The number of aliphatic hydroxyl groups is 1. The van der Waals surface area contributed by atoms with Crippen LogP contribution in [0.3, 0.4) is 0 Å². The Balaban J connectivity index is 1.47. The Morgan fingerprint density at radius 3 is 2.13 bits per heavy atom. The van der Waals surface area contributed by atoms with Crippen LogP contribution in [0.4, 0.5) is 5.69 Å². The van der Waals surface area contributed by atoms with Gasteiger partial charge in [-0.05, 0) is 59.2 Å². The first-order valence-electron chi connectivity index (χ1n) is 13.3. The third kappa shape index (κ3) is 6.59. The predicted molar refractivity (Wildman–Crippen MR) is 161 cm³/mol. The molecule has 0 aromatic heterocycles. The molecule has 1 fully saturated rings. The van der Waals surface area contributed by atoms with Crippen LogP contribution in [-0.4, -0.2) is 49.8 Å². The van der Waals surface area contributed by atoms with Crippen LogP contribution in [0, 0.1) is 0 Å². The van der Waals surface area contributed by atoms with E-state index < -0.39 is 5.60 Å². The monoisotopic (exact) mass is 560 g/mol. The lowest BCUT2D eigenvalue weighted by molar-refractivity contribution is -0.00553. The Bertz CT molecular complexity index is 1340. The molecule has 202 valence electrons. The fraction of sp³-hybridized carbons (Fsp3) is 0.273. The Hall–Kier alpha value is -3.02. The average Bonchev–Trinajstić information content (AvgIpc) is 2.97. The van der Waals surface area contributed by atoms with E-state index in [1.165, 1.54) is 0 Å². The fourth-order valence-electron chi connectivity index (χ4n) is 5.56. The summed E-state index contributed by atoms with van der Waals surface area (Å²) < 4.78 is 5.42. The minimum absolute atomic E-state index is 0.193. The van der Waals surface area contributed by atoms with Gasteiger partial charge in [0.1, 0.15) is 11.4 Å². The molecule has 1 saturated heterocycles. The lowest BCUT2D eigenvalue weighted by Crippen LogP contribution is -2.50. The highest BCUT2D eigenvalue weighted by molar-refractivity contribution is 6.31. The van der Waals surface area contributed by atoms with Crippen molar-refractivity contribution in [2.24, 2.45) is 0 Å². The van der Waals surface area contributed by atoms with E-state index in [9.17, 15) is 5.11 Å². The molecule has 0 saturated carbocycles. The molecule has 0 aliphatic carbocycles. The van der Waals surface area contributed by atoms with E-state index in [-0.39, 0.29) is 5.92 Å². The highest BCUT2D eigenvalue weighted by atomic mass is 35.5. The Kier molecular flexibility index (Phi) is 8.79. The average molecular weight is 562 g/mol. The third-order valence-corrected chi connectivity index (χ3v) is 8.23. The van der Waals surface area contributed by atoms with Gasteiger partial charge in [-0.2, -0.15) is 0 Å². The molecule has 4 aromatic rings. The summed E-state index contributed by atoms with van der Waals surface area (Å²) in [6.45, 7) is 4.28. The smallest absolute Gasteiger partial charge is 0.118 e. The fourth-order valence-corrected chi connectivity index (χ4v) is 5.87. The maximum absolute atomic E-state index is 12.7. The first-order valence-corrected chi connectivity index (χ1v) is 14.1. The number of benzene rings is 4. The Labute approximate surface area is 241 Å². The number of ether oxygens (including phenoxy) is 1. The molecule has 0 unspecified atom stereocenters. The zero-order valence-electron chi connectivity index (χ0n) is 22.1. The molecule has 2 atom stereocenters. The van der Waals surface area contributed by atoms with Gasteiger partial charge < -0.3 is 14.7 Å².